The first-order chi connectivity index (χ1) is 20.4. The van der Waals surface area contributed by atoms with Crippen LogP contribution in [0.5, 0.6) is 5.75 Å². The fourth-order valence-electron chi connectivity index (χ4n) is 3.45. The second kappa shape index (κ2) is 15.1. The standard InChI is InChI=1S/C23H18N4O7S2.2O3S/c1-14-7-9-17-18(23(14)36(32,33)34)10-12-20(22(17)28)27-26-19-11-8-16(13-21(19)35(29,30)31)25-24-15-5-3-2-4-6-15;2*1-4(2)3/h2-13,28H,1H3,(H,29,30,31)(H,32,33,34);;. The van der Waals surface area contributed by atoms with Gasteiger partial charge in [-0.25, -0.2) is 0 Å². The Morgan fingerprint density at radius 1 is 0.591 bits per heavy atom. The third-order valence-electron chi connectivity index (χ3n) is 5.08. The molecule has 21 heteroatoms. The maximum Gasteiger partial charge on any atom is 0.425 e. The van der Waals surface area contributed by atoms with Crippen LogP contribution in [0.15, 0.2) is 103 Å². The van der Waals surface area contributed by atoms with Gasteiger partial charge in [-0.05, 0) is 48.9 Å². The van der Waals surface area contributed by atoms with Crippen molar-refractivity contribution >= 4 is 75.0 Å². The van der Waals surface area contributed by atoms with Crippen molar-refractivity contribution in [3.8, 4) is 5.75 Å². The lowest BCUT2D eigenvalue weighted by atomic mass is 10.1. The largest absolute Gasteiger partial charge is 0.505 e. The Labute approximate surface area is 251 Å². The second-order valence-electron chi connectivity index (χ2n) is 7.99. The van der Waals surface area contributed by atoms with Crippen LogP contribution in [0, 0.1) is 6.92 Å². The van der Waals surface area contributed by atoms with Gasteiger partial charge in [0.15, 0.2) is 5.75 Å². The van der Waals surface area contributed by atoms with Gasteiger partial charge in [-0.2, -0.15) is 27.1 Å². The molecule has 4 aromatic carbocycles. The van der Waals surface area contributed by atoms with E-state index >= 15 is 0 Å². The molecular weight excluding hydrogens is 669 g/mol. The number of benzene rings is 4. The zero-order valence-corrected chi connectivity index (χ0v) is 25.0. The zero-order valence-electron chi connectivity index (χ0n) is 21.8. The summed E-state index contributed by atoms with van der Waals surface area (Å²) in [4.78, 5) is -0.937. The average molecular weight is 687 g/mol. The highest BCUT2D eigenvalue weighted by Crippen LogP contribution is 2.39. The molecule has 0 atom stereocenters. The molecule has 0 saturated carbocycles. The van der Waals surface area contributed by atoms with Gasteiger partial charge in [0.2, 0.25) is 0 Å². The van der Waals surface area contributed by atoms with Crippen molar-refractivity contribution in [2.75, 3.05) is 0 Å². The molecule has 44 heavy (non-hydrogen) atoms. The van der Waals surface area contributed by atoms with E-state index in [1.807, 2.05) is 0 Å². The van der Waals surface area contributed by atoms with Crippen LogP contribution in [0.1, 0.15) is 5.56 Å². The minimum atomic E-state index is -4.73. The predicted octanol–water partition coefficient (Wildman–Crippen LogP) is 4.17. The van der Waals surface area contributed by atoms with Crippen LogP contribution in [-0.2, 0) is 41.5 Å². The van der Waals surface area contributed by atoms with Crippen LogP contribution < -0.4 is 0 Å². The lowest BCUT2D eigenvalue weighted by molar-refractivity contribution is 0.480. The highest BCUT2D eigenvalue weighted by molar-refractivity contribution is 7.86. The molecule has 0 aliphatic rings. The van der Waals surface area contributed by atoms with Crippen molar-refractivity contribution in [1.29, 1.82) is 0 Å². The lowest BCUT2D eigenvalue weighted by Gasteiger charge is -2.10. The third kappa shape index (κ3) is 10.5. The molecular formula is C23H18N4O13S4. The van der Waals surface area contributed by atoms with E-state index in [1.54, 1.807) is 30.3 Å². The first-order valence-corrected chi connectivity index (χ1v) is 16.1. The first kappa shape index (κ1) is 35.4. The van der Waals surface area contributed by atoms with Crippen LogP contribution in [0.3, 0.4) is 0 Å². The summed E-state index contributed by atoms with van der Waals surface area (Å²) in [6, 6.07) is 17.9. The molecule has 0 aliphatic heterocycles. The molecule has 17 nitrogen and oxygen atoms in total. The molecule has 0 aliphatic carbocycles. The van der Waals surface area contributed by atoms with Crippen molar-refractivity contribution in [3.05, 3.63) is 78.4 Å². The van der Waals surface area contributed by atoms with Gasteiger partial charge in [0, 0.05) is 10.8 Å². The van der Waals surface area contributed by atoms with Crippen LogP contribution in [0.4, 0.5) is 22.7 Å². The van der Waals surface area contributed by atoms with E-state index in [1.165, 1.54) is 43.3 Å². The van der Waals surface area contributed by atoms with Gasteiger partial charge in [0.05, 0.1) is 11.4 Å². The minimum absolute atomic E-state index is 0.0701. The molecule has 0 saturated heterocycles. The summed E-state index contributed by atoms with van der Waals surface area (Å²) in [5, 5.41) is 26.5. The number of hydrogen-bond acceptors (Lipinski definition) is 15. The minimum Gasteiger partial charge on any atom is -0.505 e. The van der Waals surface area contributed by atoms with Gasteiger partial charge < -0.3 is 5.11 Å². The van der Waals surface area contributed by atoms with Crippen molar-refractivity contribution < 1.29 is 56.3 Å². The molecule has 0 radical (unpaired) electrons. The van der Waals surface area contributed by atoms with Gasteiger partial charge in [-0.15, -0.1) is 35.5 Å². The first-order valence-electron chi connectivity index (χ1n) is 11.2. The average Bonchev–Trinajstić information content (AvgIpc) is 2.90. The molecule has 4 aromatic rings. The fraction of sp³-hybridized carbons (Fsp3) is 0.0435. The van der Waals surface area contributed by atoms with Gasteiger partial charge in [0.1, 0.15) is 21.2 Å². The topological polar surface area (TPSA) is 281 Å². The van der Waals surface area contributed by atoms with Crippen molar-refractivity contribution in [2.24, 2.45) is 20.5 Å². The zero-order chi connectivity index (χ0) is 33.2. The van der Waals surface area contributed by atoms with Crippen LogP contribution >= 0.6 is 0 Å². The van der Waals surface area contributed by atoms with Gasteiger partial charge in [-0.1, -0.05) is 36.4 Å². The lowest BCUT2D eigenvalue weighted by Crippen LogP contribution is -2.02. The monoisotopic (exact) mass is 686 g/mol. The van der Waals surface area contributed by atoms with Gasteiger partial charge in [0.25, 0.3) is 20.2 Å². The number of rotatable bonds is 6. The summed E-state index contributed by atoms with van der Waals surface area (Å²) in [5.41, 5.74) is 0.599. The molecule has 232 valence electrons. The number of hydrogen-bond donors (Lipinski definition) is 3. The van der Waals surface area contributed by atoms with E-state index in [4.69, 9.17) is 25.3 Å². The highest BCUT2D eigenvalue weighted by atomic mass is 32.2. The van der Waals surface area contributed by atoms with E-state index in [2.05, 4.69) is 20.5 Å². The maximum absolute atomic E-state index is 11.9. The summed E-state index contributed by atoms with van der Waals surface area (Å²) in [5.74, 6) is -0.442. The number of phenolic OH excluding ortho intramolecular Hbond substituents is 1. The Bertz CT molecular complexity index is 2160. The quantitative estimate of drug-likeness (QED) is 0.190. The Balaban J connectivity index is 0.000000754. The smallest absolute Gasteiger partial charge is 0.425 e. The molecule has 0 spiro atoms. The summed E-state index contributed by atoms with van der Waals surface area (Å²) in [6.07, 6.45) is 0. The number of nitrogens with zero attached hydrogens (tertiary/aromatic N) is 4. The van der Waals surface area contributed by atoms with E-state index in [0.717, 1.165) is 6.07 Å². The molecule has 0 bridgehead atoms. The Morgan fingerprint density at radius 2 is 1.09 bits per heavy atom. The molecule has 0 fully saturated rings. The maximum atomic E-state index is 11.9. The molecule has 0 heterocycles. The number of fused-ring (bicyclic) bond motifs is 1. The number of aromatic hydroxyl groups is 1. The van der Waals surface area contributed by atoms with Gasteiger partial charge in [-0.3, -0.25) is 9.11 Å². The SMILES string of the molecule is Cc1ccc2c(O)c(N=Nc3ccc(N=Nc4ccccc4)cc3S(=O)(=O)O)ccc2c1S(=O)(=O)O.O=S(=O)=O.O=S(=O)=O. The van der Waals surface area contributed by atoms with Crippen LogP contribution in [0.25, 0.3) is 10.8 Å². The summed E-state index contributed by atoms with van der Waals surface area (Å²) in [6.45, 7) is 1.49. The van der Waals surface area contributed by atoms with E-state index < -0.39 is 52.1 Å². The summed E-state index contributed by atoms with van der Waals surface area (Å²) < 4.78 is 117. The van der Waals surface area contributed by atoms with Crippen LogP contribution in [0.2, 0.25) is 0 Å². The van der Waals surface area contributed by atoms with E-state index in [0.29, 0.717) is 5.69 Å². The van der Waals surface area contributed by atoms with E-state index in [-0.39, 0.29) is 38.3 Å². The molecule has 4 rings (SSSR count). The summed E-state index contributed by atoms with van der Waals surface area (Å²) >= 11 is 0. The highest BCUT2D eigenvalue weighted by Gasteiger charge is 2.20. The summed E-state index contributed by atoms with van der Waals surface area (Å²) in [7, 11) is -15.5. The fourth-order valence-corrected chi connectivity index (χ4v) is 5.03. The number of phenols is 1. The molecule has 0 unspecified atom stereocenters. The van der Waals surface area contributed by atoms with E-state index in [9.17, 15) is 31.0 Å². The van der Waals surface area contributed by atoms with Crippen molar-refractivity contribution in [1.82, 2.24) is 0 Å². The second-order valence-corrected chi connectivity index (χ2v) is 11.6. The predicted molar refractivity (Wildman–Crippen MR) is 151 cm³/mol. The van der Waals surface area contributed by atoms with Crippen molar-refractivity contribution in [3.63, 3.8) is 0 Å². The normalized spacial score (nSPS) is 11.4. The molecule has 3 N–H and O–H groups in total. The van der Waals surface area contributed by atoms with Crippen molar-refractivity contribution in [2.45, 2.75) is 16.7 Å². The third-order valence-corrected chi connectivity index (χ3v) is 7.02. The molecule has 0 aromatic heterocycles. The van der Waals surface area contributed by atoms with Crippen LogP contribution in [-0.4, -0.2) is 56.3 Å². The Morgan fingerprint density at radius 3 is 1.64 bits per heavy atom. The Hall–Kier alpha value is -4.80. The Kier molecular flexibility index (Phi) is 12.1. The van der Waals surface area contributed by atoms with Gasteiger partial charge >= 0.3 is 21.2 Å². The molecule has 0 amide bonds. The number of aryl methyl sites for hydroxylation is 1. The number of azo groups is 2.